The molecule has 0 unspecified atom stereocenters. The van der Waals surface area contributed by atoms with Gasteiger partial charge in [0, 0.05) is 6.20 Å². The summed E-state index contributed by atoms with van der Waals surface area (Å²) in [6.07, 6.45) is 1.43. The number of halogens is 1. The molecule has 0 aliphatic heterocycles. The lowest BCUT2D eigenvalue weighted by Gasteiger charge is -2.09. The average molecular weight is 278 g/mol. The van der Waals surface area contributed by atoms with Gasteiger partial charge in [0.15, 0.2) is 0 Å². The van der Waals surface area contributed by atoms with Crippen molar-refractivity contribution in [2.75, 3.05) is 14.2 Å². The minimum Gasteiger partial charge on any atom is -0.497 e. The molecule has 98 valence electrons. The lowest BCUT2D eigenvalue weighted by molar-refractivity contribution is 0.103. The Balaban J connectivity index is 2.44. The zero-order chi connectivity index (χ0) is 13.8. The summed E-state index contributed by atoms with van der Waals surface area (Å²) >= 11 is 5.75. The van der Waals surface area contributed by atoms with E-state index in [-0.39, 0.29) is 5.78 Å². The van der Waals surface area contributed by atoms with Gasteiger partial charge in [-0.05, 0) is 30.3 Å². The van der Waals surface area contributed by atoms with Crippen molar-refractivity contribution in [1.82, 2.24) is 4.98 Å². The van der Waals surface area contributed by atoms with Crippen LogP contribution < -0.4 is 9.47 Å². The molecule has 1 aromatic carbocycles. The predicted molar refractivity (Wildman–Crippen MR) is 72.2 cm³/mol. The quantitative estimate of drug-likeness (QED) is 0.806. The van der Waals surface area contributed by atoms with Gasteiger partial charge in [0.25, 0.3) is 0 Å². The highest BCUT2D eigenvalue weighted by Gasteiger charge is 2.16. The summed E-state index contributed by atoms with van der Waals surface area (Å²) in [4.78, 5) is 16.4. The number of benzene rings is 1. The lowest BCUT2D eigenvalue weighted by atomic mass is 10.1. The van der Waals surface area contributed by atoms with Gasteiger partial charge in [-0.1, -0.05) is 11.6 Å². The zero-order valence-corrected chi connectivity index (χ0v) is 11.3. The SMILES string of the molecule is COc1ccc(OC)c(C(=O)c2ccc(Cl)cn2)c1. The molecule has 0 atom stereocenters. The van der Waals surface area contributed by atoms with E-state index in [2.05, 4.69) is 4.98 Å². The molecule has 0 spiro atoms. The van der Waals surface area contributed by atoms with Crippen LogP contribution in [0.4, 0.5) is 0 Å². The highest BCUT2D eigenvalue weighted by Crippen LogP contribution is 2.26. The van der Waals surface area contributed by atoms with Gasteiger partial charge in [0.1, 0.15) is 17.2 Å². The highest BCUT2D eigenvalue weighted by molar-refractivity contribution is 6.30. The van der Waals surface area contributed by atoms with Crippen molar-refractivity contribution in [2.24, 2.45) is 0 Å². The molecule has 0 N–H and O–H groups in total. The Kier molecular flexibility index (Phi) is 4.02. The number of aromatic nitrogens is 1. The maximum Gasteiger partial charge on any atom is 0.215 e. The molecule has 1 aromatic heterocycles. The van der Waals surface area contributed by atoms with Crippen LogP contribution in [0.2, 0.25) is 5.02 Å². The van der Waals surface area contributed by atoms with Crippen LogP contribution in [0.5, 0.6) is 11.5 Å². The molecule has 0 aliphatic rings. The van der Waals surface area contributed by atoms with Crippen LogP contribution in [0.1, 0.15) is 16.1 Å². The zero-order valence-electron chi connectivity index (χ0n) is 10.5. The molecule has 0 aliphatic carbocycles. The first-order valence-corrected chi connectivity index (χ1v) is 5.92. The highest BCUT2D eigenvalue weighted by atomic mass is 35.5. The van der Waals surface area contributed by atoms with Crippen molar-refractivity contribution >= 4 is 17.4 Å². The first kappa shape index (κ1) is 13.4. The molecule has 2 rings (SSSR count). The maximum atomic E-state index is 12.4. The second kappa shape index (κ2) is 5.71. The van der Waals surface area contributed by atoms with Crippen LogP contribution in [-0.4, -0.2) is 25.0 Å². The molecule has 0 saturated heterocycles. The third-order valence-electron chi connectivity index (χ3n) is 2.61. The summed E-state index contributed by atoms with van der Waals surface area (Å²) < 4.78 is 10.3. The van der Waals surface area contributed by atoms with Gasteiger partial charge in [-0.25, -0.2) is 0 Å². The van der Waals surface area contributed by atoms with E-state index in [0.717, 1.165) is 0 Å². The Bertz CT molecular complexity index is 596. The molecule has 0 saturated carbocycles. The molecule has 0 radical (unpaired) electrons. The fourth-order valence-corrected chi connectivity index (χ4v) is 1.75. The summed E-state index contributed by atoms with van der Waals surface area (Å²) in [5.74, 6) is 0.813. The van der Waals surface area contributed by atoms with E-state index in [9.17, 15) is 4.79 Å². The van der Waals surface area contributed by atoms with Crippen LogP contribution in [0.25, 0.3) is 0 Å². The monoisotopic (exact) mass is 277 g/mol. The van der Waals surface area contributed by atoms with E-state index in [1.54, 1.807) is 30.3 Å². The van der Waals surface area contributed by atoms with E-state index in [1.807, 2.05) is 0 Å². The molecule has 19 heavy (non-hydrogen) atoms. The number of ether oxygens (including phenoxy) is 2. The molecular weight excluding hydrogens is 266 g/mol. The molecule has 2 aromatic rings. The summed E-state index contributed by atoms with van der Waals surface area (Å²) in [6, 6.07) is 8.22. The Morgan fingerprint density at radius 2 is 1.95 bits per heavy atom. The van der Waals surface area contributed by atoms with Gasteiger partial charge in [0.05, 0.1) is 24.8 Å². The Morgan fingerprint density at radius 1 is 1.16 bits per heavy atom. The van der Waals surface area contributed by atoms with E-state index in [1.165, 1.54) is 20.4 Å². The van der Waals surface area contributed by atoms with Crippen molar-refractivity contribution < 1.29 is 14.3 Å². The number of carbonyl (C=O) groups is 1. The molecule has 5 heteroatoms. The number of ketones is 1. The molecule has 0 amide bonds. The van der Waals surface area contributed by atoms with Crippen LogP contribution >= 0.6 is 11.6 Å². The van der Waals surface area contributed by atoms with Crippen LogP contribution in [0.15, 0.2) is 36.5 Å². The third kappa shape index (κ3) is 2.85. The van der Waals surface area contributed by atoms with Crippen molar-refractivity contribution in [3.05, 3.63) is 52.8 Å². The number of hydrogen-bond donors (Lipinski definition) is 0. The van der Waals surface area contributed by atoms with Gasteiger partial charge in [-0.2, -0.15) is 0 Å². The molecule has 0 fully saturated rings. The molecule has 1 heterocycles. The average Bonchev–Trinajstić information content (AvgIpc) is 2.46. The first-order chi connectivity index (χ1) is 9.15. The first-order valence-electron chi connectivity index (χ1n) is 5.54. The van der Waals surface area contributed by atoms with Gasteiger partial charge >= 0.3 is 0 Å². The van der Waals surface area contributed by atoms with Crippen molar-refractivity contribution in [3.8, 4) is 11.5 Å². The van der Waals surface area contributed by atoms with Crippen LogP contribution in [0.3, 0.4) is 0 Å². The number of carbonyl (C=O) groups excluding carboxylic acids is 1. The summed E-state index contributed by atoms with van der Waals surface area (Å²) in [7, 11) is 3.05. The van der Waals surface area contributed by atoms with Crippen LogP contribution in [-0.2, 0) is 0 Å². The van der Waals surface area contributed by atoms with E-state index in [0.29, 0.717) is 27.8 Å². The molecular formula is C14H12ClNO3. The number of pyridine rings is 1. The van der Waals surface area contributed by atoms with Crippen molar-refractivity contribution in [3.63, 3.8) is 0 Å². The summed E-state index contributed by atoms with van der Waals surface area (Å²) in [5, 5.41) is 0.481. The number of methoxy groups -OCH3 is 2. The topological polar surface area (TPSA) is 48.4 Å². The second-order valence-corrected chi connectivity index (χ2v) is 4.19. The second-order valence-electron chi connectivity index (χ2n) is 3.76. The normalized spacial score (nSPS) is 10.1. The smallest absolute Gasteiger partial charge is 0.215 e. The Morgan fingerprint density at radius 3 is 2.53 bits per heavy atom. The number of rotatable bonds is 4. The minimum absolute atomic E-state index is 0.243. The minimum atomic E-state index is -0.243. The fourth-order valence-electron chi connectivity index (χ4n) is 1.64. The number of nitrogens with zero attached hydrogens (tertiary/aromatic N) is 1. The number of hydrogen-bond acceptors (Lipinski definition) is 4. The maximum absolute atomic E-state index is 12.4. The molecule has 0 bridgehead atoms. The standard InChI is InChI=1S/C14H12ClNO3/c1-18-10-4-6-13(19-2)11(7-10)14(17)12-5-3-9(15)8-16-12/h3-8H,1-2H3. The molecule has 4 nitrogen and oxygen atoms in total. The Labute approximate surface area is 115 Å². The van der Waals surface area contributed by atoms with Crippen LogP contribution in [0, 0.1) is 0 Å². The van der Waals surface area contributed by atoms with Crippen molar-refractivity contribution in [2.45, 2.75) is 0 Å². The van der Waals surface area contributed by atoms with Crippen molar-refractivity contribution in [1.29, 1.82) is 0 Å². The van der Waals surface area contributed by atoms with Gasteiger partial charge < -0.3 is 9.47 Å². The fraction of sp³-hybridized carbons (Fsp3) is 0.143. The van der Waals surface area contributed by atoms with Gasteiger partial charge in [-0.15, -0.1) is 0 Å². The largest absolute Gasteiger partial charge is 0.497 e. The predicted octanol–water partition coefficient (Wildman–Crippen LogP) is 2.98. The lowest BCUT2D eigenvalue weighted by Crippen LogP contribution is -2.06. The van der Waals surface area contributed by atoms with Gasteiger partial charge in [-0.3, -0.25) is 9.78 Å². The van der Waals surface area contributed by atoms with E-state index in [4.69, 9.17) is 21.1 Å². The van der Waals surface area contributed by atoms with E-state index >= 15 is 0 Å². The third-order valence-corrected chi connectivity index (χ3v) is 2.83. The van der Waals surface area contributed by atoms with E-state index < -0.39 is 0 Å². The summed E-state index contributed by atoms with van der Waals surface area (Å²) in [5.41, 5.74) is 0.702. The van der Waals surface area contributed by atoms with Gasteiger partial charge in [0.2, 0.25) is 5.78 Å². The Hall–Kier alpha value is -2.07. The summed E-state index contributed by atoms with van der Waals surface area (Å²) in [6.45, 7) is 0.